The lowest BCUT2D eigenvalue weighted by molar-refractivity contribution is -0.605. The smallest absolute Gasteiger partial charge is 0.241 e. The van der Waals surface area contributed by atoms with Crippen molar-refractivity contribution in [1.82, 2.24) is 0 Å². The number of rotatable bonds is 2. The average molecular weight is 164 g/mol. The zero-order valence-electron chi connectivity index (χ0n) is 6.31. The second-order valence-electron chi connectivity index (χ2n) is 2.23. The van der Waals surface area contributed by atoms with E-state index in [0.29, 0.717) is 4.73 Å². The highest BCUT2D eigenvalue weighted by molar-refractivity contribution is 5.90. The number of nitrogens with two attached hydrogens (primary N) is 1. The van der Waals surface area contributed by atoms with Gasteiger partial charge in [-0.1, -0.05) is 0 Å². The quantitative estimate of drug-likeness (QED) is 0.374. The van der Waals surface area contributed by atoms with Gasteiger partial charge in [0.1, 0.15) is 0 Å². The molecule has 1 amide bonds. The van der Waals surface area contributed by atoms with Crippen LogP contribution >= 0.6 is 0 Å². The van der Waals surface area contributed by atoms with Gasteiger partial charge in [0.05, 0.1) is 0 Å². The predicted molar refractivity (Wildman–Crippen MR) is 43.6 cm³/mol. The number of aromatic nitrogens is 1. The largest absolute Gasteiger partial charge is 0.619 e. The summed E-state index contributed by atoms with van der Waals surface area (Å²) in [4.78, 5) is 10.3. The summed E-state index contributed by atoms with van der Waals surface area (Å²) in [6.07, 6.45) is 5.48. The highest BCUT2D eigenvalue weighted by Gasteiger charge is 1.90. The highest BCUT2D eigenvalue weighted by atomic mass is 16.5. The van der Waals surface area contributed by atoms with Gasteiger partial charge in [0.25, 0.3) is 0 Å². The van der Waals surface area contributed by atoms with E-state index in [1.54, 1.807) is 18.2 Å². The molecule has 0 bridgehead atoms. The van der Waals surface area contributed by atoms with E-state index in [0.717, 1.165) is 5.56 Å². The molecule has 0 atom stereocenters. The molecule has 0 fully saturated rings. The maximum atomic E-state index is 10.6. The Morgan fingerprint density at radius 3 is 2.58 bits per heavy atom. The first-order valence-corrected chi connectivity index (χ1v) is 3.35. The molecule has 1 rings (SSSR count). The summed E-state index contributed by atoms with van der Waals surface area (Å²) in [6, 6.07) is 3.18. The fourth-order valence-corrected chi connectivity index (χ4v) is 0.714. The Hall–Kier alpha value is -1.84. The molecule has 0 unspecified atom stereocenters. The van der Waals surface area contributed by atoms with Crippen molar-refractivity contribution in [1.29, 1.82) is 0 Å². The molecule has 2 N–H and O–H groups in total. The Labute approximate surface area is 69.5 Å². The van der Waals surface area contributed by atoms with Gasteiger partial charge in [-0.3, -0.25) is 4.79 Å². The molecule has 0 saturated carbocycles. The van der Waals surface area contributed by atoms with E-state index in [4.69, 9.17) is 5.73 Å². The second-order valence-corrected chi connectivity index (χ2v) is 2.23. The summed E-state index contributed by atoms with van der Waals surface area (Å²) < 4.78 is 0.668. The third-order valence-corrected chi connectivity index (χ3v) is 1.27. The number of hydrogen-bond acceptors (Lipinski definition) is 2. The topological polar surface area (TPSA) is 70.0 Å². The first kappa shape index (κ1) is 8.26. The molecular weight excluding hydrogens is 156 g/mol. The van der Waals surface area contributed by atoms with Crippen molar-refractivity contribution in [3.8, 4) is 0 Å². The zero-order chi connectivity index (χ0) is 8.97. The molecular formula is C8H8N2O2. The van der Waals surface area contributed by atoms with Gasteiger partial charge in [0.15, 0.2) is 12.4 Å². The van der Waals surface area contributed by atoms with E-state index in [-0.39, 0.29) is 0 Å². The normalized spacial score (nSPS) is 10.3. The van der Waals surface area contributed by atoms with Crippen LogP contribution < -0.4 is 10.5 Å². The van der Waals surface area contributed by atoms with E-state index in [9.17, 15) is 10.0 Å². The van der Waals surface area contributed by atoms with Crippen LogP contribution in [0.5, 0.6) is 0 Å². The van der Waals surface area contributed by atoms with E-state index >= 15 is 0 Å². The van der Waals surface area contributed by atoms with Crippen LogP contribution in [0.15, 0.2) is 30.6 Å². The monoisotopic (exact) mass is 164 g/mol. The van der Waals surface area contributed by atoms with Crippen LogP contribution in [0, 0.1) is 5.21 Å². The van der Waals surface area contributed by atoms with Crippen molar-refractivity contribution in [3.05, 3.63) is 41.4 Å². The van der Waals surface area contributed by atoms with E-state index in [2.05, 4.69) is 0 Å². The van der Waals surface area contributed by atoms with Crippen molar-refractivity contribution in [2.75, 3.05) is 0 Å². The number of amides is 1. The van der Waals surface area contributed by atoms with Crippen LogP contribution in [-0.4, -0.2) is 5.91 Å². The molecule has 0 radical (unpaired) electrons. The Bertz CT molecular complexity index is 303. The van der Waals surface area contributed by atoms with Crippen LogP contribution in [0.1, 0.15) is 5.56 Å². The minimum Gasteiger partial charge on any atom is -0.619 e. The minimum absolute atomic E-state index is 0.506. The van der Waals surface area contributed by atoms with Crippen molar-refractivity contribution in [2.45, 2.75) is 0 Å². The Kier molecular flexibility index (Phi) is 2.42. The number of pyridine rings is 1. The number of primary amides is 1. The molecule has 12 heavy (non-hydrogen) atoms. The van der Waals surface area contributed by atoms with Gasteiger partial charge in [0, 0.05) is 18.2 Å². The Morgan fingerprint density at radius 2 is 2.08 bits per heavy atom. The molecule has 1 heterocycles. The molecule has 4 heteroatoms. The summed E-state index contributed by atoms with van der Waals surface area (Å²) in [5.41, 5.74) is 5.64. The Morgan fingerprint density at radius 1 is 1.50 bits per heavy atom. The zero-order valence-corrected chi connectivity index (χ0v) is 6.31. The molecule has 0 aliphatic heterocycles. The maximum absolute atomic E-state index is 10.6. The third kappa shape index (κ3) is 2.42. The average Bonchev–Trinajstić information content (AvgIpc) is 2.03. The van der Waals surface area contributed by atoms with Crippen LogP contribution in [0.25, 0.3) is 6.08 Å². The lowest BCUT2D eigenvalue weighted by Gasteiger charge is -1.93. The van der Waals surface area contributed by atoms with Crippen LogP contribution in [-0.2, 0) is 4.79 Å². The summed E-state index contributed by atoms with van der Waals surface area (Å²) in [5.74, 6) is -0.506. The van der Waals surface area contributed by atoms with Gasteiger partial charge in [-0.2, -0.15) is 4.73 Å². The van der Waals surface area contributed by atoms with E-state index < -0.39 is 5.91 Å². The molecule has 0 aliphatic rings. The number of hydrogen-bond donors (Lipinski definition) is 1. The lowest BCUT2D eigenvalue weighted by atomic mass is 10.2. The van der Waals surface area contributed by atoms with E-state index in [1.807, 2.05) is 0 Å². The van der Waals surface area contributed by atoms with Crippen LogP contribution in [0.2, 0.25) is 0 Å². The lowest BCUT2D eigenvalue weighted by Crippen LogP contribution is -2.23. The van der Waals surface area contributed by atoms with Crippen molar-refractivity contribution < 1.29 is 9.52 Å². The van der Waals surface area contributed by atoms with Gasteiger partial charge < -0.3 is 10.9 Å². The predicted octanol–water partition coefficient (Wildman–Crippen LogP) is -0.182. The van der Waals surface area contributed by atoms with Crippen molar-refractivity contribution >= 4 is 12.0 Å². The molecule has 62 valence electrons. The molecule has 0 aromatic carbocycles. The fourth-order valence-electron chi connectivity index (χ4n) is 0.714. The summed E-state index contributed by atoms with van der Waals surface area (Å²) in [7, 11) is 0. The molecule has 0 saturated heterocycles. The van der Waals surface area contributed by atoms with Crippen LogP contribution in [0.4, 0.5) is 0 Å². The molecule has 0 aliphatic carbocycles. The van der Waals surface area contributed by atoms with E-state index in [1.165, 1.54) is 18.5 Å². The van der Waals surface area contributed by atoms with Crippen molar-refractivity contribution in [2.24, 2.45) is 5.73 Å². The van der Waals surface area contributed by atoms with Gasteiger partial charge in [0.2, 0.25) is 5.91 Å². The number of carbonyl (C=O) groups is 1. The number of carbonyl (C=O) groups excluding carboxylic acids is 1. The summed E-state index contributed by atoms with van der Waals surface area (Å²) in [6.45, 7) is 0. The van der Waals surface area contributed by atoms with Crippen LogP contribution in [0.3, 0.4) is 0 Å². The van der Waals surface area contributed by atoms with Gasteiger partial charge in [-0.15, -0.1) is 0 Å². The van der Waals surface area contributed by atoms with Gasteiger partial charge >= 0.3 is 0 Å². The fraction of sp³-hybridized carbons (Fsp3) is 0. The molecule has 4 nitrogen and oxygen atoms in total. The molecule has 1 aromatic heterocycles. The SMILES string of the molecule is NC(=O)C=Cc1cc[n+]([O-])cc1. The Balaban J connectivity index is 2.77. The highest BCUT2D eigenvalue weighted by Crippen LogP contribution is 1.96. The van der Waals surface area contributed by atoms with Crippen molar-refractivity contribution in [3.63, 3.8) is 0 Å². The maximum Gasteiger partial charge on any atom is 0.241 e. The van der Waals surface area contributed by atoms with Gasteiger partial charge in [-0.25, -0.2) is 0 Å². The second kappa shape index (κ2) is 3.52. The third-order valence-electron chi connectivity index (χ3n) is 1.27. The summed E-state index contributed by atoms with van der Waals surface area (Å²) >= 11 is 0. The molecule has 0 spiro atoms. The molecule has 1 aromatic rings. The van der Waals surface area contributed by atoms with Gasteiger partial charge in [-0.05, 0) is 11.6 Å². The minimum atomic E-state index is -0.506. The standard InChI is InChI=1S/C8H8N2O2/c9-8(11)2-1-7-3-5-10(12)6-4-7/h1-6H,(H2,9,11). The first-order chi connectivity index (χ1) is 5.68. The number of nitrogens with zero attached hydrogens (tertiary/aromatic N) is 1. The first-order valence-electron chi connectivity index (χ1n) is 3.35. The summed E-state index contributed by atoms with van der Waals surface area (Å²) in [5, 5.41) is 10.6.